The summed E-state index contributed by atoms with van der Waals surface area (Å²) < 4.78 is 5.07. The van der Waals surface area contributed by atoms with E-state index in [1.807, 2.05) is 13.8 Å². The van der Waals surface area contributed by atoms with Gasteiger partial charge in [0.2, 0.25) is 0 Å². The smallest absolute Gasteiger partial charge is 0.325 e. The van der Waals surface area contributed by atoms with E-state index in [0.717, 1.165) is 0 Å². The predicted molar refractivity (Wildman–Crippen MR) is 52.4 cm³/mol. The molecule has 2 N–H and O–H groups in total. The zero-order valence-corrected chi connectivity index (χ0v) is 8.35. The number of aromatic amines is 2. The number of ether oxygens (including phenoxy) is 1. The summed E-state index contributed by atoms with van der Waals surface area (Å²) >= 11 is 0. The van der Waals surface area contributed by atoms with E-state index in [0.29, 0.717) is 30.9 Å². The van der Waals surface area contributed by atoms with E-state index in [2.05, 4.69) is 9.97 Å². The summed E-state index contributed by atoms with van der Waals surface area (Å²) in [4.78, 5) is 26.7. The molecule has 5 heteroatoms. The third-order valence-electron chi connectivity index (χ3n) is 1.87. The molecule has 0 bridgehead atoms. The van der Waals surface area contributed by atoms with Crippen molar-refractivity contribution in [3.63, 3.8) is 0 Å². The first kappa shape index (κ1) is 10.7. The summed E-state index contributed by atoms with van der Waals surface area (Å²) in [5, 5.41) is 0. The van der Waals surface area contributed by atoms with Crippen molar-refractivity contribution in [2.75, 3.05) is 6.61 Å². The molecule has 14 heavy (non-hydrogen) atoms. The van der Waals surface area contributed by atoms with Crippen molar-refractivity contribution in [1.82, 2.24) is 9.97 Å². The van der Waals surface area contributed by atoms with E-state index in [9.17, 15) is 9.59 Å². The third-order valence-corrected chi connectivity index (χ3v) is 1.87. The second-order valence-corrected chi connectivity index (χ2v) is 2.67. The summed E-state index contributed by atoms with van der Waals surface area (Å²) in [5.74, 6) is 0. The van der Waals surface area contributed by atoms with Crippen molar-refractivity contribution in [3.8, 4) is 0 Å². The van der Waals surface area contributed by atoms with Gasteiger partial charge in [0.1, 0.15) is 0 Å². The average molecular weight is 198 g/mol. The fourth-order valence-corrected chi connectivity index (χ4v) is 1.27. The molecule has 0 unspecified atom stereocenters. The summed E-state index contributed by atoms with van der Waals surface area (Å²) in [7, 11) is 0. The first-order chi connectivity index (χ1) is 6.77. The number of nitrogens with one attached hydrogen (secondary N) is 2. The van der Waals surface area contributed by atoms with Crippen LogP contribution in [0.1, 0.15) is 25.1 Å². The lowest BCUT2D eigenvalue weighted by Crippen LogP contribution is -2.31. The second kappa shape index (κ2) is 4.76. The van der Waals surface area contributed by atoms with Gasteiger partial charge in [0, 0.05) is 12.1 Å². The molecule has 0 atom stereocenters. The van der Waals surface area contributed by atoms with Gasteiger partial charge in [0.25, 0.3) is 5.56 Å². The molecule has 1 aliphatic rings. The van der Waals surface area contributed by atoms with Crippen LogP contribution >= 0.6 is 0 Å². The highest BCUT2D eigenvalue weighted by Crippen LogP contribution is 2.06. The molecule has 2 rings (SSSR count). The molecule has 2 heterocycles. The summed E-state index contributed by atoms with van der Waals surface area (Å²) in [6.07, 6.45) is 0.606. The minimum atomic E-state index is -0.444. The van der Waals surface area contributed by atoms with Crippen molar-refractivity contribution >= 4 is 0 Å². The van der Waals surface area contributed by atoms with Gasteiger partial charge < -0.3 is 9.72 Å². The first-order valence-corrected chi connectivity index (χ1v) is 4.69. The van der Waals surface area contributed by atoms with Gasteiger partial charge >= 0.3 is 5.69 Å². The van der Waals surface area contributed by atoms with Gasteiger partial charge in [0.15, 0.2) is 0 Å². The highest BCUT2D eigenvalue weighted by molar-refractivity contribution is 5.16. The molecule has 0 aliphatic carbocycles. The molecule has 0 spiro atoms. The summed E-state index contributed by atoms with van der Waals surface area (Å²) in [6, 6.07) is 0. The minimum Gasteiger partial charge on any atom is -0.376 e. The lowest BCUT2D eigenvalue weighted by Gasteiger charge is -2.13. The zero-order valence-electron chi connectivity index (χ0n) is 8.35. The normalized spacial score (nSPS) is 13.9. The molecule has 0 radical (unpaired) electrons. The van der Waals surface area contributed by atoms with Crippen LogP contribution in [-0.2, 0) is 17.8 Å². The zero-order chi connectivity index (χ0) is 10.6. The summed E-state index contributed by atoms with van der Waals surface area (Å²) in [6.45, 7) is 4.85. The first-order valence-electron chi connectivity index (χ1n) is 4.69. The largest absolute Gasteiger partial charge is 0.376 e. The highest BCUT2D eigenvalue weighted by atomic mass is 16.5. The topological polar surface area (TPSA) is 75.0 Å². The molecule has 0 saturated heterocycles. The van der Waals surface area contributed by atoms with E-state index >= 15 is 0 Å². The molecule has 0 saturated carbocycles. The fourth-order valence-electron chi connectivity index (χ4n) is 1.27. The molecular weight excluding hydrogens is 184 g/mol. The van der Waals surface area contributed by atoms with Crippen LogP contribution in [0.2, 0.25) is 0 Å². The Morgan fingerprint density at radius 3 is 2.64 bits per heavy atom. The minimum absolute atomic E-state index is 0.293. The van der Waals surface area contributed by atoms with Crippen LogP contribution in [0.3, 0.4) is 0 Å². The van der Waals surface area contributed by atoms with Gasteiger partial charge in [0.05, 0.1) is 18.8 Å². The van der Waals surface area contributed by atoms with Crippen LogP contribution in [0, 0.1) is 0 Å². The Kier molecular flexibility index (Phi) is 3.64. The van der Waals surface area contributed by atoms with Crippen LogP contribution < -0.4 is 11.2 Å². The second-order valence-electron chi connectivity index (χ2n) is 2.67. The van der Waals surface area contributed by atoms with Gasteiger partial charge in [-0.1, -0.05) is 13.8 Å². The van der Waals surface area contributed by atoms with Crippen LogP contribution in [-0.4, -0.2) is 16.6 Å². The number of rotatable bonds is 0. The van der Waals surface area contributed by atoms with E-state index in [1.165, 1.54) is 0 Å². The van der Waals surface area contributed by atoms with Gasteiger partial charge in [-0.25, -0.2) is 4.79 Å². The van der Waals surface area contributed by atoms with E-state index in [-0.39, 0.29) is 5.56 Å². The van der Waals surface area contributed by atoms with Crippen molar-refractivity contribution < 1.29 is 4.74 Å². The van der Waals surface area contributed by atoms with Crippen molar-refractivity contribution in [3.05, 3.63) is 32.1 Å². The monoisotopic (exact) mass is 198 g/mol. The molecule has 78 valence electrons. The van der Waals surface area contributed by atoms with E-state index in [4.69, 9.17) is 4.74 Å². The van der Waals surface area contributed by atoms with E-state index < -0.39 is 5.69 Å². The standard InChI is InChI=1S/C7H8N2O3.C2H6/c10-6-4-3-12-2-1-5(4)8-7(11)9-6;1-2/h1-3H2,(H2,8,9,10,11);1-2H3. The van der Waals surface area contributed by atoms with E-state index in [1.54, 1.807) is 0 Å². The Morgan fingerprint density at radius 2 is 1.93 bits per heavy atom. The van der Waals surface area contributed by atoms with Crippen LogP contribution in [0.15, 0.2) is 9.59 Å². The number of H-pyrrole nitrogens is 2. The SMILES string of the molecule is CC.O=c1[nH]c2c(c(=O)[nH]1)COCC2. The van der Waals surface area contributed by atoms with Crippen molar-refractivity contribution in [2.24, 2.45) is 0 Å². The van der Waals surface area contributed by atoms with Crippen LogP contribution in [0.4, 0.5) is 0 Å². The Labute approximate surface area is 81.1 Å². The molecule has 0 amide bonds. The fraction of sp³-hybridized carbons (Fsp3) is 0.556. The van der Waals surface area contributed by atoms with Gasteiger partial charge in [-0.15, -0.1) is 0 Å². The van der Waals surface area contributed by atoms with Crippen LogP contribution in [0.25, 0.3) is 0 Å². The third kappa shape index (κ3) is 2.11. The highest BCUT2D eigenvalue weighted by Gasteiger charge is 2.13. The number of fused-ring (bicyclic) bond motifs is 1. The quantitative estimate of drug-likeness (QED) is 0.623. The number of aromatic nitrogens is 2. The molecule has 0 aromatic carbocycles. The molecule has 1 aromatic rings. The van der Waals surface area contributed by atoms with Gasteiger partial charge in [-0.3, -0.25) is 9.78 Å². The van der Waals surface area contributed by atoms with Crippen molar-refractivity contribution in [2.45, 2.75) is 26.9 Å². The maximum absolute atomic E-state index is 11.1. The number of hydrogen-bond acceptors (Lipinski definition) is 3. The Bertz CT molecular complexity index is 405. The molecular formula is C9H14N2O3. The van der Waals surface area contributed by atoms with Crippen LogP contribution in [0.5, 0.6) is 0 Å². The molecule has 1 aromatic heterocycles. The summed E-state index contributed by atoms with van der Waals surface area (Å²) in [5.41, 5.74) is 0.463. The predicted octanol–water partition coefficient (Wildman–Crippen LogP) is 0.162. The lowest BCUT2D eigenvalue weighted by atomic mass is 10.1. The molecule has 0 fully saturated rings. The molecule has 1 aliphatic heterocycles. The number of hydrogen-bond donors (Lipinski definition) is 2. The van der Waals surface area contributed by atoms with Gasteiger partial charge in [-0.05, 0) is 0 Å². The van der Waals surface area contributed by atoms with Crippen molar-refractivity contribution in [1.29, 1.82) is 0 Å². The van der Waals surface area contributed by atoms with Gasteiger partial charge in [-0.2, -0.15) is 0 Å². The lowest BCUT2D eigenvalue weighted by molar-refractivity contribution is 0.108. The molecule has 5 nitrogen and oxygen atoms in total. The average Bonchev–Trinajstić information content (AvgIpc) is 2.20. The maximum Gasteiger partial charge on any atom is 0.325 e. The Hall–Kier alpha value is -1.36. The Morgan fingerprint density at radius 1 is 1.21 bits per heavy atom. The maximum atomic E-state index is 11.1. The Balaban J connectivity index is 0.000000461.